The smallest absolute Gasteiger partial charge is 0.0765 e. The Bertz CT molecular complexity index is 356. The van der Waals surface area contributed by atoms with Crippen LogP contribution in [0.2, 0.25) is 0 Å². The second-order valence-electron chi connectivity index (χ2n) is 3.77. The third-order valence-electron chi connectivity index (χ3n) is 2.89. The third-order valence-corrected chi connectivity index (χ3v) is 3.38. The number of nitrogens with zero attached hydrogens (tertiary/aromatic N) is 1. The Kier molecular flexibility index (Phi) is 3.29. The highest BCUT2D eigenvalue weighted by Gasteiger charge is 2.27. The van der Waals surface area contributed by atoms with E-state index >= 15 is 0 Å². The van der Waals surface area contributed by atoms with Gasteiger partial charge in [-0.2, -0.15) is 0 Å². The molecule has 1 heterocycles. The molecule has 1 atom stereocenters. The van der Waals surface area contributed by atoms with Gasteiger partial charge < -0.3 is 9.74 Å². The van der Waals surface area contributed by atoms with E-state index in [1.54, 1.807) is 0 Å². The maximum absolute atomic E-state index is 5.16. The monoisotopic (exact) mass is 270 g/mol. The number of rotatable bonds is 3. The van der Waals surface area contributed by atoms with E-state index in [0.717, 1.165) is 17.6 Å². The zero-order chi connectivity index (χ0) is 10.8. The fraction of sp³-hybridized carbons (Fsp3) is 0.455. The molecule has 1 unspecified atom stereocenters. The SMILES string of the molecule is CCN1CC(CON)c2cc(Br)ccc21. The van der Waals surface area contributed by atoms with Crippen molar-refractivity contribution < 1.29 is 4.84 Å². The zero-order valence-electron chi connectivity index (χ0n) is 8.74. The van der Waals surface area contributed by atoms with Crippen LogP contribution in [0.4, 0.5) is 5.69 Å². The first-order valence-corrected chi connectivity index (χ1v) is 5.91. The molecule has 4 heteroatoms. The van der Waals surface area contributed by atoms with Gasteiger partial charge in [-0.1, -0.05) is 15.9 Å². The molecule has 3 nitrogen and oxygen atoms in total. The van der Waals surface area contributed by atoms with E-state index in [4.69, 9.17) is 10.7 Å². The molecule has 0 aromatic heterocycles. The van der Waals surface area contributed by atoms with Gasteiger partial charge in [0, 0.05) is 29.2 Å². The Morgan fingerprint density at radius 1 is 1.60 bits per heavy atom. The maximum atomic E-state index is 5.16. The molecule has 0 radical (unpaired) electrons. The van der Waals surface area contributed by atoms with Crippen LogP contribution in [-0.2, 0) is 4.84 Å². The number of anilines is 1. The van der Waals surface area contributed by atoms with Gasteiger partial charge >= 0.3 is 0 Å². The van der Waals surface area contributed by atoms with E-state index in [1.165, 1.54) is 11.3 Å². The first kappa shape index (κ1) is 10.9. The lowest BCUT2D eigenvalue weighted by molar-refractivity contribution is 0.126. The van der Waals surface area contributed by atoms with Crippen LogP contribution < -0.4 is 10.8 Å². The van der Waals surface area contributed by atoms with E-state index in [0.29, 0.717) is 12.5 Å². The first-order chi connectivity index (χ1) is 7.26. The van der Waals surface area contributed by atoms with Gasteiger partial charge in [0.05, 0.1) is 6.61 Å². The topological polar surface area (TPSA) is 38.5 Å². The first-order valence-electron chi connectivity index (χ1n) is 5.12. The Morgan fingerprint density at radius 3 is 3.07 bits per heavy atom. The maximum Gasteiger partial charge on any atom is 0.0765 e. The molecule has 0 saturated heterocycles. The highest BCUT2D eigenvalue weighted by molar-refractivity contribution is 9.10. The van der Waals surface area contributed by atoms with Crippen molar-refractivity contribution in [2.24, 2.45) is 5.90 Å². The summed E-state index contributed by atoms with van der Waals surface area (Å²) in [5, 5.41) is 0. The van der Waals surface area contributed by atoms with E-state index in [9.17, 15) is 0 Å². The molecule has 1 aliphatic heterocycles. The highest BCUT2D eigenvalue weighted by atomic mass is 79.9. The van der Waals surface area contributed by atoms with Crippen LogP contribution in [0.5, 0.6) is 0 Å². The minimum Gasteiger partial charge on any atom is -0.371 e. The Hall–Kier alpha value is -0.580. The van der Waals surface area contributed by atoms with Crippen molar-refractivity contribution in [3.8, 4) is 0 Å². The summed E-state index contributed by atoms with van der Waals surface area (Å²) in [4.78, 5) is 7.13. The Balaban J connectivity index is 2.34. The predicted molar refractivity (Wildman–Crippen MR) is 64.9 cm³/mol. The molecule has 2 rings (SSSR count). The van der Waals surface area contributed by atoms with Crippen LogP contribution in [-0.4, -0.2) is 19.7 Å². The second kappa shape index (κ2) is 4.51. The molecule has 15 heavy (non-hydrogen) atoms. The minimum absolute atomic E-state index is 0.391. The zero-order valence-corrected chi connectivity index (χ0v) is 10.3. The summed E-state index contributed by atoms with van der Waals surface area (Å²) >= 11 is 3.49. The molecule has 1 aromatic carbocycles. The summed E-state index contributed by atoms with van der Waals surface area (Å²) in [6.45, 7) is 4.77. The molecule has 0 saturated carbocycles. The Morgan fingerprint density at radius 2 is 2.40 bits per heavy atom. The van der Waals surface area contributed by atoms with Crippen LogP contribution in [0, 0.1) is 0 Å². The molecule has 1 aliphatic rings. The summed E-state index contributed by atoms with van der Waals surface area (Å²) in [6.07, 6.45) is 0. The van der Waals surface area contributed by atoms with E-state index < -0.39 is 0 Å². The van der Waals surface area contributed by atoms with Crippen molar-refractivity contribution in [3.63, 3.8) is 0 Å². The number of halogens is 1. The molecule has 2 N–H and O–H groups in total. The second-order valence-corrected chi connectivity index (χ2v) is 4.69. The van der Waals surface area contributed by atoms with Gasteiger partial charge in [-0.15, -0.1) is 0 Å². The molecular formula is C11H15BrN2O. The summed E-state index contributed by atoms with van der Waals surface area (Å²) in [5.74, 6) is 5.55. The number of likely N-dealkylation sites (N-methyl/N-ethyl adjacent to an activating group) is 1. The number of benzene rings is 1. The van der Waals surface area contributed by atoms with Gasteiger partial charge in [-0.25, -0.2) is 5.90 Å². The van der Waals surface area contributed by atoms with Gasteiger partial charge in [-0.05, 0) is 30.7 Å². The number of hydrogen-bond donors (Lipinski definition) is 1. The number of hydrogen-bond acceptors (Lipinski definition) is 3. The van der Waals surface area contributed by atoms with Gasteiger partial charge in [0.2, 0.25) is 0 Å². The van der Waals surface area contributed by atoms with Crippen molar-refractivity contribution in [2.75, 3.05) is 24.6 Å². The average Bonchev–Trinajstić information content (AvgIpc) is 2.57. The van der Waals surface area contributed by atoms with Crippen LogP contribution >= 0.6 is 15.9 Å². The Labute approximate surface area is 98.3 Å². The lowest BCUT2D eigenvalue weighted by Gasteiger charge is -2.16. The minimum atomic E-state index is 0.391. The van der Waals surface area contributed by atoms with Crippen LogP contribution in [0.3, 0.4) is 0 Å². The molecule has 0 amide bonds. The molecule has 0 bridgehead atoms. The summed E-state index contributed by atoms with van der Waals surface area (Å²) < 4.78 is 1.11. The summed E-state index contributed by atoms with van der Waals surface area (Å²) in [5.41, 5.74) is 2.64. The standard InChI is InChI=1S/C11H15BrN2O/c1-2-14-6-8(7-15-13)10-5-9(12)3-4-11(10)14/h3-5,8H,2,6-7,13H2,1H3. The molecule has 1 aromatic rings. The van der Waals surface area contributed by atoms with Gasteiger partial charge in [-0.3, -0.25) is 0 Å². The largest absolute Gasteiger partial charge is 0.371 e. The summed E-state index contributed by atoms with van der Waals surface area (Å²) in [7, 11) is 0. The van der Waals surface area contributed by atoms with Gasteiger partial charge in [0.15, 0.2) is 0 Å². The van der Waals surface area contributed by atoms with Gasteiger partial charge in [0.25, 0.3) is 0 Å². The molecule has 0 fully saturated rings. The lowest BCUT2D eigenvalue weighted by Crippen LogP contribution is -2.23. The average molecular weight is 271 g/mol. The quantitative estimate of drug-likeness (QED) is 0.857. The molecule has 82 valence electrons. The fourth-order valence-electron chi connectivity index (χ4n) is 2.16. The summed E-state index contributed by atoms with van der Waals surface area (Å²) in [6, 6.07) is 6.39. The van der Waals surface area contributed by atoms with Gasteiger partial charge in [0.1, 0.15) is 0 Å². The number of nitrogens with two attached hydrogens (primary N) is 1. The highest BCUT2D eigenvalue weighted by Crippen LogP contribution is 2.37. The third kappa shape index (κ3) is 2.02. The predicted octanol–water partition coefficient (Wildman–Crippen LogP) is 2.26. The van der Waals surface area contributed by atoms with Crippen LogP contribution in [0.25, 0.3) is 0 Å². The van der Waals surface area contributed by atoms with Crippen molar-refractivity contribution in [1.82, 2.24) is 0 Å². The van der Waals surface area contributed by atoms with Crippen molar-refractivity contribution in [2.45, 2.75) is 12.8 Å². The molecule has 0 spiro atoms. The van der Waals surface area contributed by atoms with Crippen molar-refractivity contribution in [1.29, 1.82) is 0 Å². The van der Waals surface area contributed by atoms with E-state index in [2.05, 4.69) is 46.0 Å². The molecule has 0 aliphatic carbocycles. The molecular weight excluding hydrogens is 256 g/mol. The van der Waals surface area contributed by atoms with Crippen molar-refractivity contribution >= 4 is 21.6 Å². The normalized spacial score (nSPS) is 19.4. The van der Waals surface area contributed by atoms with E-state index in [1.807, 2.05) is 0 Å². The van der Waals surface area contributed by atoms with E-state index in [-0.39, 0.29) is 0 Å². The fourth-order valence-corrected chi connectivity index (χ4v) is 2.54. The van der Waals surface area contributed by atoms with Crippen molar-refractivity contribution in [3.05, 3.63) is 28.2 Å². The van der Waals surface area contributed by atoms with Crippen LogP contribution in [0.1, 0.15) is 18.4 Å². The number of fused-ring (bicyclic) bond motifs is 1. The lowest BCUT2D eigenvalue weighted by atomic mass is 10.0. The van der Waals surface area contributed by atoms with Crippen LogP contribution in [0.15, 0.2) is 22.7 Å².